The Bertz CT molecular complexity index is 837. The second-order valence-electron chi connectivity index (χ2n) is 5.65. The molecule has 9 nitrogen and oxygen atoms in total. The molecule has 1 aliphatic heterocycles. The summed E-state index contributed by atoms with van der Waals surface area (Å²) in [6.45, 7) is 2.92. The topological polar surface area (TPSA) is 125 Å². The van der Waals surface area contributed by atoms with Gasteiger partial charge in [-0.15, -0.1) is 0 Å². The van der Waals surface area contributed by atoms with Crippen LogP contribution in [0.25, 0.3) is 6.08 Å². The standard InChI is InChI=1S/C18H20N2O7S/c1-4-26-17(23)10(2)20-16(22)14(28-18(20)24)8-11-5-6-12(13(7-11)25-3)27-9-15(19)21/h5-8,10H,4,9H2,1-3H3,(H2,19,21)/b14-8-. The SMILES string of the molecule is CCOC(=O)C(C)N1C(=O)S/C(=C\c2ccc(OCC(N)=O)c(OC)c2)C1=O. The Morgan fingerprint density at radius 3 is 2.61 bits per heavy atom. The highest BCUT2D eigenvalue weighted by molar-refractivity contribution is 8.18. The van der Waals surface area contributed by atoms with E-state index in [0.29, 0.717) is 17.1 Å². The lowest BCUT2D eigenvalue weighted by Gasteiger charge is -2.19. The van der Waals surface area contributed by atoms with Gasteiger partial charge in [0.1, 0.15) is 6.04 Å². The number of benzene rings is 1. The summed E-state index contributed by atoms with van der Waals surface area (Å²) < 4.78 is 15.3. The van der Waals surface area contributed by atoms with Crippen molar-refractivity contribution in [1.82, 2.24) is 4.90 Å². The summed E-state index contributed by atoms with van der Waals surface area (Å²) in [6, 6.07) is 3.75. The molecule has 3 amide bonds. The minimum absolute atomic E-state index is 0.152. The van der Waals surface area contributed by atoms with Gasteiger partial charge >= 0.3 is 5.97 Å². The molecule has 1 aromatic carbocycles. The smallest absolute Gasteiger partial charge is 0.329 e. The molecule has 28 heavy (non-hydrogen) atoms. The van der Waals surface area contributed by atoms with Gasteiger partial charge in [0.25, 0.3) is 17.1 Å². The van der Waals surface area contributed by atoms with Crippen molar-refractivity contribution in [2.24, 2.45) is 5.73 Å². The van der Waals surface area contributed by atoms with Crippen LogP contribution < -0.4 is 15.2 Å². The highest BCUT2D eigenvalue weighted by Gasteiger charge is 2.41. The number of imide groups is 1. The van der Waals surface area contributed by atoms with Crippen LogP contribution in [0.15, 0.2) is 23.1 Å². The van der Waals surface area contributed by atoms with Gasteiger partial charge < -0.3 is 19.9 Å². The number of nitrogens with zero attached hydrogens (tertiary/aromatic N) is 1. The lowest BCUT2D eigenvalue weighted by Crippen LogP contribution is -2.42. The van der Waals surface area contributed by atoms with E-state index in [2.05, 4.69) is 0 Å². The molecule has 1 fully saturated rings. The van der Waals surface area contributed by atoms with E-state index in [1.54, 1.807) is 25.1 Å². The maximum atomic E-state index is 12.6. The van der Waals surface area contributed by atoms with Crippen molar-refractivity contribution < 1.29 is 33.4 Å². The zero-order chi connectivity index (χ0) is 20.8. The summed E-state index contributed by atoms with van der Waals surface area (Å²) in [5.74, 6) is -1.22. The number of hydrogen-bond acceptors (Lipinski definition) is 8. The van der Waals surface area contributed by atoms with Crippen molar-refractivity contribution in [2.45, 2.75) is 19.9 Å². The number of carbonyl (C=O) groups is 4. The fourth-order valence-corrected chi connectivity index (χ4v) is 3.28. The van der Waals surface area contributed by atoms with Crippen molar-refractivity contribution >= 4 is 40.9 Å². The lowest BCUT2D eigenvalue weighted by atomic mass is 10.1. The van der Waals surface area contributed by atoms with Crippen LogP contribution in [-0.4, -0.2) is 54.3 Å². The molecule has 1 unspecified atom stereocenters. The first-order valence-corrected chi connectivity index (χ1v) is 9.13. The number of carbonyl (C=O) groups excluding carboxylic acids is 4. The highest BCUT2D eigenvalue weighted by atomic mass is 32.2. The number of thioether (sulfide) groups is 1. The van der Waals surface area contributed by atoms with Crippen LogP contribution in [0.1, 0.15) is 19.4 Å². The maximum Gasteiger partial charge on any atom is 0.329 e. The third-order valence-corrected chi connectivity index (χ3v) is 4.58. The molecule has 10 heteroatoms. The van der Waals surface area contributed by atoms with Gasteiger partial charge in [0.15, 0.2) is 18.1 Å². The number of ether oxygens (including phenoxy) is 3. The predicted octanol–water partition coefficient (Wildman–Crippen LogP) is 1.55. The van der Waals surface area contributed by atoms with Gasteiger partial charge in [-0.05, 0) is 49.4 Å². The molecule has 1 heterocycles. The molecule has 0 radical (unpaired) electrons. The number of hydrogen-bond donors (Lipinski definition) is 1. The van der Waals surface area contributed by atoms with E-state index in [4.69, 9.17) is 19.9 Å². The van der Waals surface area contributed by atoms with E-state index in [0.717, 1.165) is 16.7 Å². The van der Waals surface area contributed by atoms with Crippen LogP contribution in [0.5, 0.6) is 11.5 Å². The van der Waals surface area contributed by atoms with E-state index in [9.17, 15) is 19.2 Å². The number of rotatable bonds is 8. The second-order valence-corrected chi connectivity index (χ2v) is 6.64. The van der Waals surface area contributed by atoms with Crippen molar-refractivity contribution in [3.63, 3.8) is 0 Å². The van der Waals surface area contributed by atoms with Gasteiger partial charge in [-0.1, -0.05) is 6.07 Å². The van der Waals surface area contributed by atoms with Crippen LogP contribution in [0, 0.1) is 0 Å². The Balaban J connectivity index is 2.23. The molecule has 0 saturated carbocycles. The molecular formula is C18H20N2O7S. The van der Waals surface area contributed by atoms with Crippen LogP contribution in [0.4, 0.5) is 4.79 Å². The first-order chi connectivity index (χ1) is 13.3. The van der Waals surface area contributed by atoms with Gasteiger partial charge in [0.2, 0.25) is 0 Å². The number of primary amides is 1. The summed E-state index contributed by atoms with van der Waals surface area (Å²) in [6.07, 6.45) is 1.50. The number of amides is 3. The van der Waals surface area contributed by atoms with Gasteiger partial charge in [-0.2, -0.15) is 0 Å². The van der Waals surface area contributed by atoms with Gasteiger partial charge in [-0.3, -0.25) is 19.3 Å². The van der Waals surface area contributed by atoms with Gasteiger partial charge in [-0.25, -0.2) is 4.79 Å². The van der Waals surface area contributed by atoms with Crippen LogP contribution >= 0.6 is 11.8 Å². The zero-order valence-corrected chi connectivity index (χ0v) is 16.4. The summed E-state index contributed by atoms with van der Waals surface area (Å²) >= 11 is 0.730. The van der Waals surface area contributed by atoms with Gasteiger partial charge in [0, 0.05) is 0 Å². The van der Waals surface area contributed by atoms with Crippen molar-refractivity contribution in [2.75, 3.05) is 20.3 Å². The highest BCUT2D eigenvalue weighted by Crippen LogP contribution is 2.35. The second kappa shape index (κ2) is 9.27. The molecule has 1 saturated heterocycles. The molecule has 1 atom stereocenters. The van der Waals surface area contributed by atoms with E-state index in [1.807, 2.05) is 0 Å². The Morgan fingerprint density at radius 1 is 1.29 bits per heavy atom. The first kappa shape index (κ1) is 21.3. The third kappa shape index (κ3) is 4.83. The Hall–Kier alpha value is -3.01. The molecule has 2 N–H and O–H groups in total. The van der Waals surface area contributed by atoms with E-state index in [-0.39, 0.29) is 18.1 Å². The van der Waals surface area contributed by atoms with Crippen molar-refractivity contribution in [3.8, 4) is 11.5 Å². The quantitative estimate of drug-likeness (QED) is 0.507. The molecule has 1 aliphatic rings. The molecular weight excluding hydrogens is 388 g/mol. The van der Waals surface area contributed by atoms with Crippen molar-refractivity contribution in [1.29, 1.82) is 0 Å². The molecule has 0 bridgehead atoms. The monoisotopic (exact) mass is 408 g/mol. The van der Waals surface area contributed by atoms with Crippen LogP contribution in [0.2, 0.25) is 0 Å². The zero-order valence-electron chi connectivity index (χ0n) is 15.6. The minimum Gasteiger partial charge on any atom is -0.493 e. The predicted molar refractivity (Wildman–Crippen MR) is 102 cm³/mol. The average molecular weight is 408 g/mol. The van der Waals surface area contributed by atoms with E-state index < -0.39 is 29.1 Å². The summed E-state index contributed by atoms with van der Waals surface area (Å²) in [4.78, 5) is 48.5. The summed E-state index contributed by atoms with van der Waals surface area (Å²) in [7, 11) is 1.42. The molecule has 0 spiro atoms. The Morgan fingerprint density at radius 2 is 2.00 bits per heavy atom. The van der Waals surface area contributed by atoms with E-state index in [1.165, 1.54) is 20.1 Å². The fraction of sp³-hybridized carbons (Fsp3) is 0.333. The largest absolute Gasteiger partial charge is 0.493 e. The fourth-order valence-electron chi connectivity index (χ4n) is 2.38. The summed E-state index contributed by atoms with van der Waals surface area (Å²) in [5.41, 5.74) is 5.62. The Labute approximate surface area is 165 Å². The van der Waals surface area contributed by atoms with E-state index >= 15 is 0 Å². The third-order valence-electron chi connectivity index (χ3n) is 3.69. The maximum absolute atomic E-state index is 12.6. The number of nitrogens with two attached hydrogens (primary N) is 1. The van der Waals surface area contributed by atoms with Crippen LogP contribution in [-0.2, 0) is 19.1 Å². The molecule has 150 valence electrons. The number of methoxy groups -OCH3 is 1. The summed E-state index contributed by atoms with van der Waals surface area (Å²) in [5, 5.41) is -0.551. The Kier molecular flexibility index (Phi) is 7.05. The molecule has 0 aliphatic carbocycles. The average Bonchev–Trinajstić information content (AvgIpc) is 2.93. The van der Waals surface area contributed by atoms with Crippen LogP contribution in [0.3, 0.4) is 0 Å². The first-order valence-electron chi connectivity index (χ1n) is 8.31. The molecule has 0 aromatic heterocycles. The molecule has 1 aromatic rings. The lowest BCUT2D eigenvalue weighted by molar-refractivity contribution is -0.150. The van der Waals surface area contributed by atoms with Gasteiger partial charge in [0.05, 0.1) is 18.6 Å². The van der Waals surface area contributed by atoms with Crippen molar-refractivity contribution in [3.05, 3.63) is 28.7 Å². The number of esters is 1. The minimum atomic E-state index is -1.02. The molecule has 2 rings (SSSR count). The normalized spacial score (nSPS) is 16.2.